The van der Waals surface area contributed by atoms with Crippen molar-refractivity contribution in [1.29, 1.82) is 0 Å². The summed E-state index contributed by atoms with van der Waals surface area (Å²) in [5.74, 6) is -0.244. The molecule has 0 spiro atoms. The predicted octanol–water partition coefficient (Wildman–Crippen LogP) is 3.62. The van der Waals surface area contributed by atoms with Gasteiger partial charge in [-0.3, -0.25) is 0 Å². The second-order valence-corrected chi connectivity index (χ2v) is 6.27. The summed E-state index contributed by atoms with van der Waals surface area (Å²) in [4.78, 5) is 3.12. The number of rotatable bonds is 3. The molecule has 4 heteroatoms. The second kappa shape index (κ2) is 5.48. The van der Waals surface area contributed by atoms with E-state index in [2.05, 4.69) is 29.4 Å². The number of nitrogens with one attached hydrogen (secondary N) is 2. The largest absolute Gasteiger partial charge is 0.391 e. The number of hydrogen-bond acceptors (Lipinski definition) is 2. The zero-order valence-electron chi connectivity index (χ0n) is 12.9. The minimum absolute atomic E-state index is 0.0417. The molecular weight excluding hydrogens is 291 g/mol. The third kappa shape index (κ3) is 2.44. The van der Waals surface area contributed by atoms with Crippen molar-refractivity contribution in [2.24, 2.45) is 0 Å². The lowest BCUT2D eigenvalue weighted by Gasteiger charge is -2.23. The van der Waals surface area contributed by atoms with Crippen molar-refractivity contribution in [3.05, 3.63) is 71.2 Å². The first-order valence-corrected chi connectivity index (χ1v) is 7.92. The maximum atomic E-state index is 13.3. The fourth-order valence-corrected chi connectivity index (χ4v) is 3.61. The van der Waals surface area contributed by atoms with E-state index in [1.165, 1.54) is 17.7 Å². The van der Waals surface area contributed by atoms with Crippen LogP contribution in [0.25, 0.3) is 10.9 Å². The van der Waals surface area contributed by atoms with Gasteiger partial charge in [-0.2, -0.15) is 0 Å². The Hall–Kier alpha value is -2.17. The summed E-state index contributed by atoms with van der Waals surface area (Å²) in [6.07, 6.45) is 2.17. The lowest BCUT2D eigenvalue weighted by Crippen LogP contribution is -2.30. The lowest BCUT2D eigenvalue weighted by atomic mass is 10.0. The summed E-state index contributed by atoms with van der Waals surface area (Å²) >= 11 is 0. The van der Waals surface area contributed by atoms with Crippen molar-refractivity contribution in [2.45, 2.75) is 31.5 Å². The van der Waals surface area contributed by atoms with E-state index < -0.39 is 6.10 Å². The van der Waals surface area contributed by atoms with Crippen LogP contribution in [0.3, 0.4) is 0 Å². The Morgan fingerprint density at radius 1 is 1.26 bits per heavy atom. The standard InChI is InChI=1S/C19H19FN2O/c1-11(16-10-21-17-9-13(20)6-7-15(16)17)22-19-14-5-3-2-4-12(14)8-18(19)23/h2-7,9-11,18-19,21-23H,8H2,1H3. The summed E-state index contributed by atoms with van der Waals surface area (Å²) in [6.45, 7) is 2.07. The van der Waals surface area contributed by atoms with Gasteiger partial charge in [-0.25, -0.2) is 4.39 Å². The number of aliphatic hydroxyl groups is 1. The molecule has 0 saturated heterocycles. The summed E-state index contributed by atoms with van der Waals surface area (Å²) < 4.78 is 13.3. The second-order valence-electron chi connectivity index (χ2n) is 6.27. The van der Waals surface area contributed by atoms with Gasteiger partial charge in [0.25, 0.3) is 0 Å². The number of H-pyrrole nitrogens is 1. The summed E-state index contributed by atoms with van der Waals surface area (Å²) in [5, 5.41) is 14.9. The molecule has 3 unspecified atom stereocenters. The third-order valence-corrected chi connectivity index (χ3v) is 4.78. The van der Waals surface area contributed by atoms with Gasteiger partial charge in [0.15, 0.2) is 0 Å². The van der Waals surface area contributed by atoms with Gasteiger partial charge in [0.05, 0.1) is 12.1 Å². The Morgan fingerprint density at radius 3 is 2.96 bits per heavy atom. The average Bonchev–Trinajstić information content (AvgIpc) is 3.08. The van der Waals surface area contributed by atoms with Crippen LogP contribution in [0.4, 0.5) is 4.39 Å². The fourth-order valence-electron chi connectivity index (χ4n) is 3.61. The topological polar surface area (TPSA) is 48.0 Å². The van der Waals surface area contributed by atoms with Crippen LogP contribution >= 0.6 is 0 Å². The molecule has 1 aliphatic carbocycles. The SMILES string of the molecule is CC(NC1c2ccccc2CC1O)c1c[nH]c2cc(F)ccc12. The lowest BCUT2D eigenvalue weighted by molar-refractivity contribution is 0.136. The molecule has 0 fully saturated rings. The molecule has 1 aromatic heterocycles. The van der Waals surface area contributed by atoms with Gasteiger partial charge in [0.2, 0.25) is 0 Å². The highest BCUT2D eigenvalue weighted by Crippen LogP contribution is 2.34. The molecule has 3 nitrogen and oxygen atoms in total. The Morgan fingerprint density at radius 2 is 2.09 bits per heavy atom. The van der Waals surface area contributed by atoms with Crippen LogP contribution in [0.2, 0.25) is 0 Å². The van der Waals surface area contributed by atoms with E-state index in [0.717, 1.165) is 22.0 Å². The van der Waals surface area contributed by atoms with Crippen molar-refractivity contribution in [3.63, 3.8) is 0 Å². The maximum absolute atomic E-state index is 13.3. The summed E-state index contributed by atoms with van der Waals surface area (Å²) in [7, 11) is 0. The molecule has 0 aliphatic heterocycles. The Balaban J connectivity index is 1.63. The molecule has 1 heterocycles. The molecule has 0 bridgehead atoms. The van der Waals surface area contributed by atoms with Crippen LogP contribution in [0.5, 0.6) is 0 Å². The highest BCUT2D eigenvalue weighted by Gasteiger charge is 2.31. The van der Waals surface area contributed by atoms with Gasteiger partial charge < -0.3 is 15.4 Å². The Kier molecular flexibility index (Phi) is 3.43. The number of aromatic nitrogens is 1. The number of aliphatic hydroxyl groups excluding tert-OH is 1. The molecule has 4 rings (SSSR count). The monoisotopic (exact) mass is 310 g/mol. The summed E-state index contributed by atoms with van der Waals surface area (Å²) in [5.41, 5.74) is 4.24. The first-order chi connectivity index (χ1) is 11.1. The molecule has 118 valence electrons. The van der Waals surface area contributed by atoms with E-state index >= 15 is 0 Å². The highest BCUT2D eigenvalue weighted by atomic mass is 19.1. The van der Waals surface area contributed by atoms with Gasteiger partial charge in [-0.15, -0.1) is 0 Å². The van der Waals surface area contributed by atoms with Crippen molar-refractivity contribution >= 4 is 10.9 Å². The van der Waals surface area contributed by atoms with Crippen LogP contribution in [0.1, 0.15) is 35.7 Å². The molecule has 3 aromatic rings. The third-order valence-electron chi connectivity index (χ3n) is 4.78. The highest BCUT2D eigenvalue weighted by molar-refractivity contribution is 5.83. The molecule has 0 amide bonds. The predicted molar refractivity (Wildman–Crippen MR) is 88.7 cm³/mol. The van der Waals surface area contributed by atoms with Gasteiger partial charge in [-0.05, 0) is 41.8 Å². The minimum Gasteiger partial charge on any atom is -0.391 e. The van der Waals surface area contributed by atoms with E-state index in [-0.39, 0.29) is 17.9 Å². The maximum Gasteiger partial charge on any atom is 0.125 e. The molecule has 3 atom stereocenters. The normalized spacial score (nSPS) is 21.5. The molecule has 0 radical (unpaired) electrons. The van der Waals surface area contributed by atoms with Crippen molar-refractivity contribution in [1.82, 2.24) is 10.3 Å². The van der Waals surface area contributed by atoms with Gasteiger partial charge in [0, 0.05) is 29.6 Å². The Labute approximate surface area is 134 Å². The number of fused-ring (bicyclic) bond motifs is 2. The van der Waals surface area contributed by atoms with E-state index in [1.807, 2.05) is 18.3 Å². The van der Waals surface area contributed by atoms with Crippen molar-refractivity contribution in [2.75, 3.05) is 0 Å². The number of hydrogen-bond donors (Lipinski definition) is 3. The van der Waals surface area contributed by atoms with E-state index in [0.29, 0.717) is 6.42 Å². The first-order valence-electron chi connectivity index (χ1n) is 7.92. The molecule has 23 heavy (non-hydrogen) atoms. The zero-order valence-corrected chi connectivity index (χ0v) is 12.9. The quantitative estimate of drug-likeness (QED) is 0.692. The summed E-state index contributed by atoms with van der Waals surface area (Å²) in [6, 6.07) is 12.9. The van der Waals surface area contributed by atoms with Crippen LogP contribution in [-0.2, 0) is 6.42 Å². The average molecular weight is 310 g/mol. The van der Waals surface area contributed by atoms with Gasteiger partial charge in [0.1, 0.15) is 5.82 Å². The van der Waals surface area contributed by atoms with Crippen molar-refractivity contribution < 1.29 is 9.50 Å². The minimum atomic E-state index is -0.419. The van der Waals surface area contributed by atoms with Gasteiger partial charge >= 0.3 is 0 Å². The van der Waals surface area contributed by atoms with E-state index in [9.17, 15) is 9.50 Å². The number of halogens is 1. The molecule has 0 saturated carbocycles. The molecule has 2 aromatic carbocycles. The fraction of sp³-hybridized carbons (Fsp3) is 0.263. The van der Waals surface area contributed by atoms with Crippen LogP contribution in [0, 0.1) is 5.82 Å². The molecule has 3 N–H and O–H groups in total. The number of aromatic amines is 1. The number of benzene rings is 2. The van der Waals surface area contributed by atoms with Crippen LogP contribution in [-0.4, -0.2) is 16.2 Å². The Bertz CT molecular complexity index is 857. The molecular formula is C19H19FN2O. The van der Waals surface area contributed by atoms with Crippen LogP contribution < -0.4 is 5.32 Å². The molecule has 1 aliphatic rings. The first kappa shape index (κ1) is 14.4. The van der Waals surface area contributed by atoms with E-state index in [4.69, 9.17) is 0 Å². The van der Waals surface area contributed by atoms with Gasteiger partial charge in [-0.1, -0.05) is 24.3 Å². The smallest absolute Gasteiger partial charge is 0.125 e. The zero-order chi connectivity index (χ0) is 16.0. The van der Waals surface area contributed by atoms with E-state index in [1.54, 1.807) is 6.07 Å². The van der Waals surface area contributed by atoms with Crippen molar-refractivity contribution in [3.8, 4) is 0 Å². The van der Waals surface area contributed by atoms with Crippen LogP contribution in [0.15, 0.2) is 48.7 Å².